The van der Waals surface area contributed by atoms with E-state index in [1.807, 2.05) is 16.9 Å². The summed E-state index contributed by atoms with van der Waals surface area (Å²) < 4.78 is 2.02. The first-order valence-electron chi connectivity index (χ1n) is 13.8. The monoisotopic (exact) mass is 437 g/mol. The molecule has 3 aliphatic rings. The second-order valence-electron chi connectivity index (χ2n) is 12.4. The van der Waals surface area contributed by atoms with Crippen LogP contribution in [0.15, 0.2) is 12.3 Å². The van der Waals surface area contributed by atoms with Crippen LogP contribution in [-0.2, 0) is 6.54 Å². The molecule has 3 fully saturated rings. The van der Waals surface area contributed by atoms with Gasteiger partial charge in [-0.15, -0.1) is 0 Å². The van der Waals surface area contributed by atoms with Gasteiger partial charge in [0, 0.05) is 12.7 Å². The number of aromatic nitrogens is 2. The predicted octanol–water partition coefficient (Wildman–Crippen LogP) is 7.86. The summed E-state index contributed by atoms with van der Waals surface area (Å²) in [5.41, 5.74) is 1.63. The third-order valence-electron chi connectivity index (χ3n) is 10.6. The summed E-state index contributed by atoms with van der Waals surface area (Å²) in [6, 6.07) is 4.03. The van der Waals surface area contributed by atoms with Gasteiger partial charge in [-0.3, -0.25) is 4.68 Å². The summed E-state index contributed by atoms with van der Waals surface area (Å²) >= 11 is 0. The molecule has 32 heavy (non-hydrogen) atoms. The fraction of sp³-hybridized carbons (Fsp3) is 0.862. The van der Waals surface area contributed by atoms with Crippen molar-refractivity contribution in [2.24, 2.45) is 46.3 Å². The Balaban J connectivity index is 1.49. The van der Waals surface area contributed by atoms with Gasteiger partial charge in [-0.2, -0.15) is 10.4 Å². The number of unbranched alkanes of at least 4 members (excludes halogenated alkanes) is 1. The summed E-state index contributed by atoms with van der Waals surface area (Å²) in [7, 11) is 0. The standard InChI is InChI=1S/C29H47N3/c1-6-8-15-28(4)16-12-24-23(26(28)9-7-2)13-17-29(5)25(10-11-27(24)29)21(3)20-32-18-14-22(19-30)31-32/h14,18,21,23-27H,6-13,15-17,20H2,1-5H3. The second kappa shape index (κ2) is 9.52. The van der Waals surface area contributed by atoms with Gasteiger partial charge in [0.25, 0.3) is 0 Å². The van der Waals surface area contributed by atoms with Crippen LogP contribution < -0.4 is 0 Å². The van der Waals surface area contributed by atoms with Crippen LogP contribution in [0.2, 0.25) is 0 Å². The Morgan fingerprint density at radius 2 is 1.91 bits per heavy atom. The van der Waals surface area contributed by atoms with Crippen LogP contribution >= 0.6 is 0 Å². The van der Waals surface area contributed by atoms with Gasteiger partial charge in [0.1, 0.15) is 6.07 Å². The highest BCUT2D eigenvalue weighted by Gasteiger charge is 2.58. The van der Waals surface area contributed by atoms with E-state index in [1.165, 1.54) is 70.6 Å². The van der Waals surface area contributed by atoms with E-state index in [4.69, 9.17) is 5.26 Å². The van der Waals surface area contributed by atoms with Gasteiger partial charge in [0.05, 0.1) is 0 Å². The van der Waals surface area contributed by atoms with Gasteiger partial charge in [0.2, 0.25) is 0 Å². The Hall–Kier alpha value is -1.30. The van der Waals surface area contributed by atoms with Crippen LogP contribution in [0.3, 0.4) is 0 Å². The van der Waals surface area contributed by atoms with Gasteiger partial charge in [-0.1, -0.05) is 53.9 Å². The maximum atomic E-state index is 9.12. The zero-order chi connectivity index (χ0) is 22.9. The van der Waals surface area contributed by atoms with Crippen LogP contribution in [0, 0.1) is 57.7 Å². The molecular formula is C29H47N3. The minimum atomic E-state index is 0.500. The highest BCUT2D eigenvalue weighted by atomic mass is 15.3. The van der Waals surface area contributed by atoms with Crippen LogP contribution in [0.5, 0.6) is 0 Å². The molecule has 8 unspecified atom stereocenters. The molecule has 0 bridgehead atoms. The molecule has 8 atom stereocenters. The van der Waals surface area contributed by atoms with Gasteiger partial charge < -0.3 is 0 Å². The van der Waals surface area contributed by atoms with E-state index >= 15 is 0 Å². The van der Waals surface area contributed by atoms with E-state index in [9.17, 15) is 0 Å². The molecule has 4 rings (SSSR count). The predicted molar refractivity (Wildman–Crippen MR) is 132 cm³/mol. The maximum Gasteiger partial charge on any atom is 0.162 e. The Morgan fingerprint density at radius 1 is 1.12 bits per heavy atom. The molecule has 0 radical (unpaired) electrons. The van der Waals surface area contributed by atoms with Crippen molar-refractivity contribution in [1.29, 1.82) is 5.26 Å². The Morgan fingerprint density at radius 3 is 2.59 bits per heavy atom. The number of hydrogen-bond donors (Lipinski definition) is 0. The molecule has 0 spiro atoms. The lowest BCUT2D eigenvalue weighted by atomic mass is 9.47. The molecule has 3 saturated carbocycles. The third-order valence-corrected chi connectivity index (χ3v) is 10.6. The summed E-state index contributed by atoms with van der Waals surface area (Å²) in [5.74, 6) is 5.23. The van der Waals surface area contributed by atoms with Crippen molar-refractivity contribution in [3.63, 3.8) is 0 Å². The summed E-state index contributed by atoms with van der Waals surface area (Å²) in [4.78, 5) is 0. The van der Waals surface area contributed by atoms with Crippen molar-refractivity contribution < 1.29 is 0 Å². The van der Waals surface area contributed by atoms with E-state index in [2.05, 4.69) is 45.8 Å². The topological polar surface area (TPSA) is 41.6 Å². The molecule has 0 aromatic carbocycles. The van der Waals surface area contributed by atoms with E-state index in [0.29, 0.717) is 22.4 Å². The van der Waals surface area contributed by atoms with Gasteiger partial charge in [0.15, 0.2) is 5.69 Å². The second-order valence-corrected chi connectivity index (χ2v) is 12.4. The molecule has 1 aromatic rings. The third kappa shape index (κ3) is 4.17. The minimum Gasteiger partial charge on any atom is -0.271 e. The molecule has 0 amide bonds. The average Bonchev–Trinajstić information content (AvgIpc) is 3.38. The molecular weight excluding hydrogens is 390 g/mol. The van der Waals surface area contributed by atoms with Gasteiger partial charge >= 0.3 is 0 Å². The van der Waals surface area contributed by atoms with Crippen LogP contribution in [-0.4, -0.2) is 9.78 Å². The molecule has 0 N–H and O–H groups in total. The first kappa shape index (κ1) is 23.8. The molecule has 3 aliphatic carbocycles. The van der Waals surface area contributed by atoms with Crippen molar-refractivity contribution in [3.05, 3.63) is 18.0 Å². The fourth-order valence-corrected chi connectivity index (χ4v) is 9.12. The first-order chi connectivity index (χ1) is 15.4. The SMILES string of the molecule is CCCCC1(C)CCC2C(CCC3(C)C(C(C)Cn4ccc(C#N)n4)CCC23)C1CCC. The van der Waals surface area contributed by atoms with E-state index in [0.717, 1.165) is 36.1 Å². The van der Waals surface area contributed by atoms with Crippen LogP contribution in [0.4, 0.5) is 0 Å². The highest BCUT2D eigenvalue weighted by Crippen LogP contribution is 2.66. The van der Waals surface area contributed by atoms with Crippen LogP contribution in [0.1, 0.15) is 111 Å². The number of fused-ring (bicyclic) bond motifs is 3. The van der Waals surface area contributed by atoms with E-state index < -0.39 is 0 Å². The highest BCUT2D eigenvalue weighted by molar-refractivity contribution is 5.16. The Bertz CT molecular complexity index is 806. The zero-order valence-electron chi connectivity index (χ0n) is 21.4. The molecule has 1 heterocycles. The molecule has 0 saturated heterocycles. The Labute approximate surface area is 197 Å². The number of rotatable bonds is 8. The Kier molecular flexibility index (Phi) is 7.09. The summed E-state index contributed by atoms with van der Waals surface area (Å²) in [6.07, 6.45) is 17.7. The normalized spacial score (nSPS) is 39.8. The van der Waals surface area contributed by atoms with Crippen molar-refractivity contribution in [3.8, 4) is 6.07 Å². The zero-order valence-corrected chi connectivity index (χ0v) is 21.4. The summed E-state index contributed by atoms with van der Waals surface area (Å²) in [6.45, 7) is 13.5. The molecule has 178 valence electrons. The van der Waals surface area contributed by atoms with E-state index in [-0.39, 0.29) is 0 Å². The largest absolute Gasteiger partial charge is 0.271 e. The number of hydrogen-bond acceptors (Lipinski definition) is 2. The van der Waals surface area contributed by atoms with Crippen molar-refractivity contribution >= 4 is 0 Å². The van der Waals surface area contributed by atoms with Gasteiger partial charge in [-0.25, -0.2) is 0 Å². The van der Waals surface area contributed by atoms with Crippen LogP contribution in [0.25, 0.3) is 0 Å². The average molecular weight is 438 g/mol. The number of nitriles is 1. The molecule has 3 nitrogen and oxygen atoms in total. The van der Waals surface area contributed by atoms with Crippen molar-refractivity contribution in [1.82, 2.24) is 9.78 Å². The maximum absolute atomic E-state index is 9.12. The van der Waals surface area contributed by atoms with Gasteiger partial charge in [-0.05, 0) is 104 Å². The molecule has 0 aliphatic heterocycles. The lowest BCUT2D eigenvalue weighted by molar-refractivity contribution is -0.0913. The lowest BCUT2D eigenvalue weighted by Gasteiger charge is -2.58. The van der Waals surface area contributed by atoms with E-state index in [1.54, 1.807) is 0 Å². The smallest absolute Gasteiger partial charge is 0.162 e. The minimum absolute atomic E-state index is 0.500. The lowest BCUT2D eigenvalue weighted by Crippen LogP contribution is -2.50. The van der Waals surface area contributed by atoms with Crippen molar-refractivity contribution in [2.45, 2.75) is 112 Å². The summed E-state index contributed by atoms with van der Waals surface area (Å²) in [5, 5.41) is 13.6. The van der Waals surface area contributed by atoms with Crippen molar-refractivity contribution in [2.75, 3.05) is 0 Å². The fourth-order valence-electron chi connectivity index (χ4n) is 9.12. The quantitative estimate of drug-likeness (QED) is 0.415. The first-order valence-corrected chi connectivity index (χ1v) is 13.8. The molecule has 3 heteroatoms. The number of nitrogens with zero attached hydrogens (tertiary/aromatic N) is 3. The molecule has 1 aromatic heterocycles.